The largest absolute Gasteiger partial charge is 0.389 e. The summed E-state index contributed by atoms with van der Waals surface area (Å²) in [4.78, 5) is 1.97. The predicted molar refractivity (Wildman–Crippen MR) is 53.0 cm³/mol. The molecule has 0 radical (unpaired) electrons. The van der Waals surface area contributed by atoms with Crippen molar-refractivity contribution in [1.82, 2.24) is 4.90 Å². The Kier molecular flexibility index (Phi) is 4.78. The van der Waals surface area contributed by atoms with Crippen molar-refractivity contribution in [3.05, 3.63) is 0 Å². The highest BCUT2D eigenvalue weighted by Gasteiger charge is 2.26. The van der Waals surface area contributed by atoms with Gasteiger partial charge in [-0.05, 0) is 18.9 Å². The third-order valence-corrected chi connectivity index (χ3v) is 2.78. The smallest absolute Gasteiger partial charge is 0.115 e. The maximum absolute atomic E-state index is 13.3. The van der Waals surface area contributed by atoms with E-state index in [1.165, 1.54) is 0 Å². The Morgan fingerprint density at radius 1 is 1.64 bits per heavy atom. The molecule has 0 amide bonds. The lowest BCUT2D eigenvalue weighted by Gasteiger charge is -2.33. The highest BCUT2D eigenvalue weighted by Crippen LogP contribution is 2.19. The zero-order chi connectivity index (χ0) is 10.6. The third-order valence-electron chi connectivity index (χ3n) is 2.78. The molecule has 3 atom stereocenters. The van der Waals surface area contributed by atoms with E-state index in [4.69, 9.17) is 4.74 Å². The fourth-order valence-corrected chi connectivity index (χ4v) is 1.79. The average Bonchev–Trinajstić information content (AvgIpc) is 2.12. The zero-order valence-electron chi connectivity index (χ0n) is 8.95. The fraction of sp³-hybridized carbons (Fsp3) is 1.00. The van der Waals surface area contributed by atoms with Crippen LogP contribution in [-0.4, -0.2) is 55.6 Å². The molecule has 1 aliphatic heterocycles. The molecular weight excluding hydrogens is 185 g/mol. The van der Waals surface area contributed by atoms with Crippen molar-refractivity contribution in [2.45, 2.75) is 25.6 Å². The first-order valence-electron chi connectivity index (χ1n) is 5.17. The lowest BCUT2D eigenvalue weighted by atomic mass is 9.97. The number of likely N-dealkylation sites (tertiary alicyclic amines) is 1. The van der Waals surface area contributed by atoms with Crippen LogP contribution >= 0.6 is 0 Å². The molecular formula is C10H20FNO2. The summed E-state index contributed by atoms with van der Waals surface area (Å²) in [5.74, 6) is 0.158. The molecule has 0 aromatic carbocycles. The van der Waals surface area contributed by atoms with E-state index in [1.807, 2.05) is 11.8 Å². The van der Waals surface area contributed by atoms with Gasteiger partial charge < -0.3 is 9.84 Å². The molecule has 1 saturated heterocycles. The van der Waals surface area contributed by atoms with E-state index in [-0.39, 0.29) is 5.92 Å². The van der Waals surface area contributed by atoms with E-state index < -0.39 is 12.3 Å². The maximum atomic E-state index is 13.3. The Balaban J connectivity index is 2.25. The number of hydrogen-bond acceptors (Lipinski definition) is 3. The molecule has 0 aliphatic carbocycles. The number of aliphatic hydroxyl groups is 1. The van der Waals surface area contributed by atoms with Gasteiger partial charge in [0.1, 0.15) is 6.17 Å². The van der Waals surface area contributed by atoms with Gasteiger partial charge in [0.2, 0.25) is 0 Å². The molecule has 0 aromatic rings. The highest BCUT2D eigenvalue weighted by atomic mass is 19.1. The summed E-state index contributed by atoms with van der Waals surface area (Å²) in [6.07, 6.45) is -0.375. The number of hydrogen-bond donors (Lipinski definition) is 1. The van der Waals surface area contributed by atoms with Crippen molar-refractivity contribution >= 4 is 0 Å². The SMILES string of the molecule is COC[C@@H](O)CN1CC[C@@H](C)[C@@H](F)C1. The Morgan fingerprint density at radius 2 is 2.36 bits per heavy atom. The van der Waals surface area contributed by atoms with Gasteiger partial charge in [-0.15, -0.1) is 0 Å². The number of aliphatic hydroxyl groups excluding tert-OH is 1. The summed E-state index contributed by atoms with van der Waals surface area (Å²) < 4.78 is 18.1. The molecule has 1 aliphatic rings. The third kappa shape index (κ3) is 3.52. The van der Waals surface area contributed by atoms with Crippen LogP contribution in [0.3, 0.4) is 0 Å². The van der Waals surface area contributed by atoms with Crippen molar-refractivity contribution < 1.29 is 14.2 Å². The molecule has 1 fully saturated rings. The molecule has 1 N–H and O–H groups in total. The van der Waals surface area contributed by atoms with Crippen LogP contribution in [0, 0.1) is 5.92 Å². The molecule has 0 saturated carbocycles. The lowest BCUT2D eigenvalue weighted by molar-refractivity contribution is 0.0139. The van der Waals surface area contributed by atoms with E-state index in [2.05, 4.69) is 0 Å². The minimum atomic E-state index is -0.751. The van der Waals surface area contributed by atoms with Crippen molar-refractivity contribution in [1.29, 1.82) is 0 Å². The molecule has 84 valence electrons. The number of alkyl halides is 1. The first kappa shape index (κ1) is 11.9. The van der Waals surface area contributed by atoms with Crippen molar-refractivity contribution in [2.75, 3.05) is 33.4 Å². The monoisotopic (exact) mass is 205 g/mol. The van der Waals surface area contributed by atoms with Crippen LogP contribution in [0.5, 0.6) is 0 Å². The summed E-state index contributed by atoms with van der Waals surface area (Å²) in [5, 5.41) is 9.46. The highest BCUT2D eigenvalue weighted by molar-refractivity contribution is 4.78. The topological polar surface area (TPSA) is 32.7 Å². The molecule has 1 rings (SSSR count). The molecule has 0 bridgehead atoms. The van der Waals surface area contributed by atoms with Crippen molar-refractivity contribution in [3.8, 4) is 0 Å². The van der Waals surface area contributed by atoms with Gasteiger partial charge in [-0.1, -0.05) is 6.92 Å². The van der Waals surface area contributed by atoms with Crippen molar-refractivity contribution in [2.24, 2.45) is 5.92 Å². The standard InChI is InChI=1S/C10H20FNO2/c1-8-3-4-12(6-10(8)11)5-9(13)7-14-2/h8-10,13H,3-7H2,1-2H3/t8-,9+,10+/m1/s1. The quantitative estimate of drug-likeness (QED) is 0.732. The fourth-order valence-electron chi connectivity index (χ4n) is 1.79. The number of ether oxygens (including phenoxy) is 1. The Morgan fingerprint density at radius 3 is 2.93 bits per heavy atom. The molecule has 3 nitrogen and oxygen atoms in total. The van der Waals surface area contributed by atoms with E-state index >= 15 is 0 Å². The van der Waals surface area contributed by atoms with E-state index in [1.54, 1.807) is 7.11 Å². The van der Waals surface area contributed by atoms with Crippen LogP contribution in [0.4, 0.5) is 4.39 Å². The van der Waals surface area contributed by atoms with Crippen molar-refractivity contribution in [3.63, 3.8) is 0 Å². The Labute approximate surface area is 84.9 Å². The summed E-state index contributed by atoms with van der Waals surface area (Å²) in [5.41, 5.74) is 0. The summed E-state index contributed by atoms with van der Waals surface area (Å²) >= 11 is 0. The number of rotatable bonds is 4. The van der Waals surface area contributed by atoms with Gasteiger partial charge in [0.05, 0.1) is 12.7 Å². The molecule has 14 heavy (non-hydrogen) atoms. The summed E-state index contributed by atoms with van der Waals surface area (Å²) in [7, 11) is 1.56. The first-order chi connectivity index (χ1) is 6.63. The normalized spacial score (nSPS) is 31.7. The molecule has 4 heteroatoms. The Hall–Kier alpha value is -0.190. The molecule has 0 unspecified atom stereocenters. The van der Waals surface area contributed by atoms with Crippen LogP contribution in [-0.2, 0) is 4.74 Å². The number of piperidine rings is 1. The minimum absolute atomic E-state index is 0.158. The van der Waals surface area contributed by atoms with E-state index in [0.29, 0.717) is 19.7 Å². The molecule has 0 aromatic heterocycles. The average molecular weight is 205 g/mol. The van der Waals surface area contributed by atoms with E-state index in [0.717, 1.165) is 13.0 Å². The molecule has 0 spiro atoms. The maximum Gasteiger partial charge on any atom is 0.115 e. The van der Waals surface area contributed by atoms with Gasteiger partial charge in [0, 0.05) is 20.2 Å². The second-order valence-corrected chi connectivity index (χ2v) is 4.15. The number of methoxy groups -OCH3 is 1. The summed E-state index contributed by atoms with van der Waals surface area (Å²) in [6.45, 7) is 4.10. The van der Waals surface area contributed by atoms with Crippen LogP contribution in [0.1, 0.15) is 13.3 Å². The van der Waals surface area contributed by atoms with Gasteiger partial charge in [-0.25, -0.2) is 4.39 Å². The second kappa shape index (κ2) is 5.63. The lowest BCUT2D eigenvalue weighted by Crippen LogP contribution is -2.44. The summed E-state index contributed by atoms with van der Waals surface area (Å²) in [6, 6.07) is 0. The van der Waals surface area contributed by atoms with Gasteiger partial charge in [-0.3, -0.25) is 4.90 Å². The van der Waals surface area contributed by atoms with Crippen LogP contribution in [0.25, 0.3) is 0 Å². The van der Waals surface area contributed by atoms with Gasteiger partial charge in [0.15, 0.2) is 0 Å². The zero-order valence-corrected chi connectivity index (χ0v) is 8.95. The van der Waals surface area contributed by atoms with Crippen LogP contribution in [0.2, 0.25) is 0 Å². The van der Waals surface area contributed by atoms with E-state index in [9.17, 15) is 9.50 Å². The number of nitrogens with zero attached hydrogens (tertiary/aromatic N) is 1. The number of β-amino-alcohol motifs (C(OH)–C–C–N with tert-alkyl or cyclic N) is 1. The van der Waals surface area contributed by atoms with Gasteiger partial charge in [0.25, 0.3) is 0 Å². The predicted octanol–water partition coefficient (Wildman–Crippen LogP) is 0.674. The number of halogens is 1. The van der Waals surface area contributed by atoms with Crippen LogP contribution < -0.4 is 0 Å². The molecule has 1 heterocycles. The van der Waals surface area contributed by atoms with Gasteiger partial charge >= 0.3 is 0 Å². The first-order valence-corrected chi connectivity index (χ1v) is 5.17. The van der Waals surface area contributed by atoms with Crippen LogP contribution in [0.15, 0.2) is 0 Å². The second-order valence-electron chi connectivity index (χ2n) is 4.15. The van der Waals surface area contributed by atoms with Gasteiger partial charge in [-0.2, -0.15) is 0 Å². The minimum Gasteiger partial charge on any atom is -0.389 e. The Bertz CT molecular complexity index is 168.